The lowest BCUT2D eigenvalue weighted by molar-refractivity contribution is -0.135. The van der Waals surface area contributed by atoms with Crippen LogP contribution in [-0.4, -0.2) is 24.4 Å². The second kappa shape index (κ2) is 10.2. The van der Waals surface area contributed by atoms with Crippen LogP contribution in [-0.2, 0) is 15.6 Å². The van der Waals surface area contributed by atoms with Gasteiger partial charge in [-0.1, -0.05) is 57.5 Å². The first-order valence-electron chi connectivity index (χ1n) is 10.2. The number of carboxylic acid groups (broad SMARTS) is 1. The van der Waals surface area contributed by atoms with E-state index in [0.717, 1.165) is 48.4 Å². The van der Waals surface area contributed by atoms with Crippen molar-refractivity contribution in [2.75, 3.05) is 0 Å². The molecule has 6 heteroatoms. The fraction of sp³-hybridized carbons (Fsp3) is 0.478. The quantitative estimate of drug-likeness (QED) is 0.192. The van der Waals surface area contributed by atoms with Gasteiger partial charge in [0.05, 0.1) is 5.69 Å². The van der Waals surface area contributed by atoms with Crippen molar-refractivity contribution >= 4 is 25.6 Å². The minimum Gasteiger partial charge on any atom is -0.539 e. The monoisotopic (exact) mass is 431 g/mol. The minimum absolute atomic E-state index is 0.0202. The second-order valence-corrected chi connectivity index (χ2v) is 14.4. The number of thiazole rings is 1. The normalized spacial score (nSPS) is 12.8. The number of aliphatic carboxylic acids is 1. The summed E-state index contributed by atoms with van der Waals surface area (Å²) in [5, 5.41) is 12.7. The minimum atomic E-state index is -2.13. The molecule has 2 aromatic rings. The Balaban J connectivity index is 1.78. The van der Waals surface area contributed by atoms with Gasteiger partial charge in [0.2, 0.25) is 0 Å². The lowest BCUT2D eigenvalue weighted by atomic mass is 10.1. The summed E-state index contributed by atoms with van der Waals surface area (Å²) < 4.78 is 5.98. The zero-order chi connectivity index (χ0) is 21.5. The molecule has 1 heterocycles. The number of carbonyl (C=O) groups is 1. The third kappa shape index (κ3) is 7.12. The summed E-state index contributed by atoms with van der Waals surface area (Å²) >= 11 is 1.69. The number of hydrogen-bond acceptors (Lipinski definition) is 4. The van der Waals surface area contributed by atoms with Gasteiger partial charge in [-0.15, -0.1) is 11.3 Å². The van der Waals surface area contributed by atoms with E-state index in [-0.39, 0.29) is 10.8 Å². The highest BCUT2D eigenvalue weighted by molar-refractivity contribution is 7.13. The molecule has 0 amide bonds. The predicted molar refractivity (Wildman–Crippen MR) is 124 cm³/mol. The lowest BCUT2D eigenvalue weighted by Gasteiger charge is -2.36. The maximum Gasteiger partial charge on any atom is 0.369 e. The summed E-state index contributed by atoms with van der Waals surface area (Å²) in [7, 11) is -2.13. The first-order valence-corrected chi connectivity index (χ1v) is 14.0. The SMILES string of the molecule is CC(C)(C)[Si](C)(C)O/C(=C/CCCCCc1csc(-c2ccccc2)n1)C(=O)O. The van der Waals surface area contributed by atoms with E-state index in [1.165, 1.54) is 0 Å². The van der Waals surface area contributed by atoms with Crippen LogP contribution >= 0.6 is 11.3 Å². The number of hydrogen-bond donors (Lipinski definition) is 1. The topological polar surface area (TPSA) is 59.4 Å². The fourth-order valence-electron chi connectivity index (χ4n) is 2.60. The molecule has 0 unspecified atom stereocenters. The molecule has 0 spiro atoms. The predicted octanol–water partition coefficient (Wildman–Crippen LogP) is 6.90. The van der Waals surface area contributed by atoms with Crippen molar-refractivity contribution in [1.82, 2.24) is 4.98 Å². The number of aryl methyl sites for hydroxylation is 1. The molecule has 0 saturated carbocycles. The van der Waals surface area contributed by atoms with Crippen LogP contribution in [0.2, 0.25) is 18.1 Å². The number of rotatable bonds is 10. The molecule has 4 nitrogen and oxygen atoms in total. The molecule has 1 aromatic heterocycles. The Morgan fingerprint density at radius 2 is 1.86 bits per heavy atom. The molecule has 0 radical (unpaired) electrons. The molecule has 2 rings (SSSR count). The van der Waals surface area contributed by atoms with Crippen LogP contribution in [0.15, 0.2) is 47.5 Å². The summed E-state index contributed by atoms with van der Waals surface area (Å²) in [4.78, 5) is 16.3. The van der Waals surface area contributed by atoms with Gasteiger partial charge in [0.25, 0.3) is 8.32 Å². The van der Waals surface area contributed by atoms with Crippen LogP contribution in [0.3, 0.4) is 0 Å². The molecule has 0 atom stereocenters. The molecule has 1 N–H and O–H groups in total. The molecule has 1 aromatic carbocycles. The van der Waals surface area contributed by atoms with Gasteiger partial charge in [-0.3, -0.25) is 0 Å². The van der Waals surface area contributed by atoms with E-state index in [4.69, 9.17) is 9.41 Å². The number of unbranched alkanes of at least 4 members (excludes halogenated alkanes) is 3. The van der Waals surface area contributed by atoms with E-state index < -0.39 is 14.3 Å². The molecule has 0 aliphatic rings. The standard InChI is InChI=1S/C23H33NO3SSi/c1-23(2,3)29(4,5)27-20(22(25)26)16-12-7-6-11-15-19-17-28-21(24-19)18-13-9-8-10-14-18/h8-10,13-14,16-17H,6-7,11-12,15H2,1-5H3,(H,25,26)/b20-16+. The van der Waals surface area contributed by atoms with Crippen molar-refractivity contribution < 1.29 is 14.3 Å². The zero-order valence-corrected chi connectivity index (χ0v) is 20.0. The van der Waals surface area contributed by atoms with Crippen LogP contribution < -0.4 is 0 Å². The molecule has 0 aliphatic heterocycles. The summed E-state index contributed by atoms with van der Waals surface area (Å²) in [6.07, 6.45) is 6.48. The molecular weight excluding hydrogens is 398 g/mol. The first-order chi connectivity index (χ1) is 13.6. The summed E-state index contributed by atoms with van der Waals surface area (Å²) in [5.41, 5.74) is 2.30. The van der Waals surface area contributed by atoms with E-state index in [9.17, 15) is 9.90 Å². The fourth-order valence-corrected chi connectivity index (χ4v) is 4.48. The Morgan fingerprint density at radius 1 is 1.17 bits per heavy atom. The van der Waals surface area contributed by atoms with Crippen molar-refractivity contribution in [2.24, 2.45) is 0 Å². The van der Waals surface area contributed by atoms with Crippen molar-refractivity contribution in [3.8, 4) is 10.6 Å². The molecule has 29 heavy (non-hydrogen) atoms. The van der Waals surface area contributed by atoms with Gasteiger partial charge in [-0.25, -0.2) is 9.78 Å². The van der Waals surface area contributed by atoms with Crippen molar-refractivity contribution in [1.29, 1.82) is 0 Å². The molecule has 158 valence electrons. The second-order valence-electron chi connectivity index (χ2n) is 8.85. The molecule has 0 aliphatic carbocycles. The highest BCUT2D eigenvalue weighted by atomic mass is 32.1. The average molecular weight is 432 g/mol. The van der Waals surface area contributed by atoms with Crippen molar-refractivity contribution in [3.63, 3.8) is 0 Å². The Kier molecular flexibility index (Phi) is 8.22. The van der Waals surface area contributed by atoms with E-state index >= 15 is 0 Å². The molecule has 0 bridgehead atoms. The third-order valence-electron chi connectivity index (χ3n) is 5.42. The van der Waals surface area contributed by atoms with Crippen LogP contribution in [0.4, 0.5) is 0 Å². The van der Waals surface area contributed by atoms with Gasteiger partial charge in [0.15, 0.2) is 5.76 Å². The van der Waals surface area contributed by atoms with Gasteiger partial charge >= 0.3 is 5.97 Å². The Morgan fingerprint density at radius 3 is 2.48 bits per heavy atom. The van der Waals surface area contributed by atoms with Crippen LogP contribution in [0.1, 0.15) is 52.1 Å². The first kappa shape index (κ1) is 23.4. The van der Waals surface area contributed by atoms with Crippen molar-refractivity contribution in [3.05, 3.63) is 53.2 Å². The van der Waals surface area contributed by atoms with Gasteiger partial charge in [-0.05, 0) is 49.9 Å². The number of aromatic nitrogens is 1. The van der Waals surface area contributed by atoms with Crippen LogP contribution in [0.25, 0.3) is 10.6 Å². The molecule has 0 fully saturated rings. The van der Waals surface area contributed by atoms with Crippen LogP contribution in [0, 0.1) is 0 Å². The third-order valence-corrected chi connectivity index (χ3v) is 10.7. The largest absolute Gasteiger partial charge is 0.539 e. The Bertz CT molecular complexity index is 822. The zero-order valence-electron chi connectivity index (χ0n) is 18.2. The summed E-state index contributed by atoms with van der Waals surface area (Å²) in [6, 6.07) is 10.2. The van der Waals surface area contributed by atoms with Gasteiger partial charge in [-0.2, -0.15) is 0 Å². The van der Waals surface area contributed by atoms with E-state index in [1.54, 1.807) is 17.4 Å². The van der Waals surface area contributed by atoms with Crippen LogP contribution in [0.5, 0.6) is 0 Å². The lowest BCUT2D eigenvalue weighted by Crippen LogP contribution is -2.41. The number of carboxylic acids is 1. The van der Waals surface area contributed by atoms with Gasteiger partial charge in [0, 0.05) is 10.9 Å². The smallest absolute Gasteiger partial charge is 0.369 e. The van der Waals surface area contributed by atoms with E-state index in [2.05, 4.69) is 51.4 Å². The highest BCUT2D eigenvalue weighted by Gasteiger charge is 2.40. The maximum absolute atomic E-state index is 11.6. The highest BCUT2D eigenvalue weighted by Crippen LogP contribution is 2.38. The number of benzene rings is 1. The van der Waals surface area contributed by atoms with Gasteiger partial charge in [0.1, 0.15) is 5.01 Å². The summed E-state index contributed by atoms with van der Waals surface area (Å²) in [6.45, 7) is 10.5. The van der Waals surface area contributed by atoms with Gasteiger partial charge < -0.3 is 9.53 Å². The van der Waals surface area contributed by atoms with E-state index in [1.807, 2.05) is 18.2 Å². The van der Waals surface area contributed by atoms with Crippen molar-refractivity contribution in [2.45, 2.75) is 71.0 Å². The summed E-state index contributed by atoms with van der Waals surface area (Å²) in [5.74, 6) is -0.852. The Labute approximate surface area is 179 Å². The Hall–Kier alpha value is -1.92. The molecular formula is C23H33NO3SSi. The number of allylic oxidation sites excluding steroid dienone is 1. The maximum atomic E-state index is 11.6. The number of nitrogens with zero attached hydrogens (tertiary/aromatic N) is 1. The van der Waals surface area contributed by atoms with E-state index in [0.29, 0.717) is 0 Å². The molecule has 0 saturated heterocycles. The average Bonchev–Trinajstić information content (AvgIpc) is 3.12.